The minimum Gasteiger partial charge on any atom is -0.398 e. The summed E-state index contributed by atoms with van der Waals surface area (Å²) in [6, 6.07) is 1.78. The first-order valence-corrected chi connectivity index (χ1v) is 6.57. The van der Waals surface area contributed by atoms with Gasteiger partial charge >= 0.3 is 0 Å². The maximum absolute atomic E-state index is 12.2. The van der Waals surface area contributed by atoms with Crippen LogP contribution in [0.5, 0.6) is 0 Å². The molecule has 94 valence electrons. The Labute approximate surface area is 105 Å². The topological polar surface area (TPSA) is 55.6 Å². The van der Waals surface area contributed by atoms with Crippen molar-refractivity contribution in [1.82, 2.24) is 4.90 Å². The minimum atomic E-state index is 0.105. The van der Waals surface area contributed by atoms with Crippen LogP contribution in [0.15, 0.2) is 6.07 Å². The van der Waals surface area contributed by atoms with Crippen LogP contribution in [-0.2, 0) is 4.74 Å². The third kappa shape index (κ3) is 2.61. The second-order valence-electron chi connectivity index (χ2n) is 4.48. The Morgan fingerprint density at radius 1 is 1.71 bits per heavy atom. The van der Waals surface area contributed by atoms with E-state index in [1.165, 1.54) is 11.3 Å². The van der Waals surface area contributed by atoms with Crippen molar-refractivity contribution in [3.05, 3.63) is 15.8 Å². The molecule has 1 fully saturated rings. The highest BCUT2D eigenvalue weighted by molar-refractivity contribution is 7.14. The number of ether oxygens (including phenoxy) is 1. The number of methoxy groups -OCH3 is 1. The smallest absolute Gasteiger partial charge is 0.264 e. The van der Waals surface area contributed by atoms with E-state index in [4.69, 9.17) is 10.5 Å². The number of hydrogen-bond acceptors (Lipinski definition) is 4. The van der Waals surface area contributed by atoms with Gasteiger partial charge < -0.3 is 15.4 Å². The van der Waals surface area contributed by atoms with E-state index >= 15 is 0 Å². The van der Waals surface area contributed by atoms with E-state index in [-0.39, 0.29) is 5.91 Å². The van der Waals surface area contributed by atoms with Crippen LogP contribution in [-0.4, -0.2) is 37.6 Å². The van der Waals surface area contributed by atoms with Gasteiger partial charge in [0, 0.05) is 36.7 Å². The van der Waals surface area contributed by atoms with Crippen molar-refractivity contribution < 1.29 is 9.53 Å². The molecule has 2 heterocycles. The minimum absolute atomic E-state index is 0.105. The van der Waals surface area contributed by atoms with Crippen molar-refractivity contribution >= 4 is 22.9 Å². The first kappa shape index (κ1) is 12.4. The average Bonchev–Trinajstić information content (AvgIpc) is 2.87. The Balaban J connectivity index is 2.02. The zero-order chi connectivity index (χ0) is 12.4. The number of likely N-dealkylation sites (tertiary alicyclic amines) is 1. The van der Waals surface area contributed by atoms with E-state index in [0.717, 1.165) is 35.9 Å². The normalized spacial score (nSPS) is 19.9. The Morgan fingerprint density at radius 3 is 3.06 bits per heavy atom. The van der Waals surface area contributed by atoms with E-state index in [2.05, 4.69) is 0 Å². The number of carbonyl (C=O) groups excluding carboxylic acids is 1. The Kier molecular flexibility index (Phi) is 3.69. The molecule has 17 heavy (non-hydrogen) atoms. The molecule has 1 amide bonds. The highest BCUT2D eigenvalue weighted by Crippen LogP contribution is 2.26. The van der Waals surface area contributed by atoms with Gasteiger partial charge in [0.2, 0.25) is 0 Å². The fourth-order valence-corrected chi connectivity index (χ4v) is 3.06. The Hall–Kier alpha value is -1.07. The molecule has 1 aliphatic heterocycles. The second kappa shape index (κ2) is 5.06. The molecule has 0 saturated carbocycles. The maximum Gasteiger partial charge on any atom is 0.264 e. The van der Waals surface area contributed by atoms with Crippen LogP contribution in [0.3, 0.4) is 0 Å². The molecule has 0 radical (unpaired) electrons. The molecular weight excluding hydrogens is 236 g/mol. The van der Waals surface area contributed by atoms with Gasteiger partial charge in [0.1, 0.15) is 0 Å². The molecule has 0 spiro atoms. The average molecular weight is 254 g/mol. The van der Waals surface area contributed by atoms with E-state index in [9.17, 15) is 4.79 Å². The Bertz CT molecular complexity index is 397. The number of nitrogens with zero attached hydrogens (tertiary/aromatic N) is 1. The van der Waals surface area contributed by atoms with Crippen molar-refractivity contribution in [1.29, 1.82) is 0 Å². The predicted octanol–water partition coefficient (Wildman–Crippen LogP) is 1.75. The third-order valence-corrected chi connectivity index (χ3v) is 4.20. The summed E-state index contributed by atoms with van der Waals surface area (Å²) in [5.74, 6) is 0.579. The Morgan fingerprint density at radius 2 is 2.47 bits per heavy atom. The van der Waals surface area contributed by atoms with Crippen molar-refractivity contribution in [2.24, 2.45) is 5.92 Å². The molecule has 0 aliphatic carbocycles. The van der Waals surface area contributed by atoms with Gasteiger partial charge in [-0.3, -0.25) is 4.79 Å². The van der Waals surface area contributed by atoms with Crippen LogP contribution >= 0.6 is 11.3 Å². The molecule has 2 rings (SSSR count). The number of amides is 1. The highest BCUT2D eigenvalue weighted by Gasteiger charge is 2.27. The number of carbonyl (C=O) groups is 1. The molecule has 1 aliphatic rings. The van der Waals surface area contributed by atoms with E-state index in [1.807, 2.05) is 11.8 Å². The number of nitrogens with two attached hydrogens (primary N) is 1. The van der Waals surface area contributed by atoms with Crippen molar-refractivity contribution in [2.45, 2.75) is 13.3 Å². The van der Waals surface area contributed by atoms with E-state index in [1.54, 1.807) is 13.2 Å². The second-order valence-corrected chi connectivity index (χ2v) is 5.74. The summed E-state index contributed by atoms with van der Waals surface area (Å²) in [5.41, 5.74) is 6.49. The van der Waals surface area contributed by atoms with Crippen molar-refractivity contribution in [3.63, 3.8) is 0 Å². The summed E-state index contributed by atoms with van der Waals surface area (Å²) in [6.07, 6.45) is 1.03. The van der Waals surface area contributed by atoms with Crippen LogP contribution in [0.4, 0.5) is 5.69 Å². The lowest BCUT2D eigenvalue weighted by Crippen LogP contribution is -2.28. The van der Waals surface area contributed by atoms with Gasteiger partial charge in [-0.1, -0.05) is 0 Å². The molecule has 2 N–H and O–H groups in total. The molecule has 0 bridgehead atoms. The van der Waals surface area contributed by atoms with Crippen LogP contribution in [0.25, 0.3) is 0 Å². The number of rotatable bonds is 3. The first-order valence-electron chi connectivity index (χ1n) is 5.76. The summed E-state index contributed by atoms with van der Waals surface area (Å²) in [7, 11) is 1.70. The summed E-state index contributed by atoms with van der Waals surface area (Å²) in [5, 5.41) is 0. The lowest BCUT2D eigenvalue weighted by Gasteiger charge is -2.15. The monoisotopic (exact) mass is 254 g/mol. The van der Waals surface area contributed by atoms with Crippen LogP contribution in [0, 0.1) is 12.8 Å². The third-order valence-electron chi connectivity index (χ3n) is 3.14. The molecule has 1 aromatic rings. The number of thiophene rings is 1. The van der Waals surface area contributed by atoms with Crippen LogP contribution in [0.1, 0.15) is 21.0 Å². The summed E-state index contributed by atoms with van der Waals surface area (Å²) < 4.78 is 5.13. The van der Waals surface area contributed by atoms with Gasteiger partial charge in [-0.2, -0.15) is 0 Å². The van der Waals surface area contributed by atoms with Gasteiger partial charge in [0.15, 0.2) is 0 Å². The first-order chi connectivity index (χ1) is 8.11. The standard InChI is InChI=1S/C12H18N2O2S/c1-8-10(13)5-11(17-8)12(15)14-4-3-9(6-14)7-16-2/h5,9H,3-4,6-7,13H2,1-2H3. The molecule has 1 aromatic heterocycles. The number of anilines is 1. The summed E-state index contributed by atoms with van der Waals surface area (Å²) in [4.78, 5) is 15.9. The van der Waals surface area contributed by atoms with Gasteiger partial charge in [-0.25, -0.2) is 0 Å². The maximum atomic E-state index is 12.2. The van der Waals surface area contributed by atoms with Gasteiger partial charge in [0.25, 0.3) is 5.91 Å². The fourth-order valence-electron chi connectivity index (χ4n) is 2.15. The molecular formula is C12H18N2O2S. The molecule has 1 unspecified atom stereocenters. The number of nitrogen functional groups attached to an aromatic ring is 1. The van der Waals surface area contributed by atoms with Crippen molar-refractivity contribution in [2.75, 3.05) is 32.5 Å². The zero-order valence-corrected chi connectivity index (χ0v) is 11.0. The number of hydrogen-bond donors (Lipinski definition) is 1. The van der Waals surface area contributed by atoms with Crippen LogP contribution in [0.2, 0.25) is 0 Å². The lowest BCUT2D eigenvalue weighted by molar-refractivity contribution is 0.0780. The summed E-state index contributed by atoms with van der Waals surface area (Å²) >= 11 is 1.48. The quantitative estimate of drug-likeness (QED) is 0.894. The van der Waals surface area contributed by atoms with Gasteiger partial charge in [-0.15, -0.1) is 11.3 Å². The molecule has 0 aromatic carbocycles. The van der Waals surface area contributed by atoms with E-state index < -0.39 is 0 Å². The molecule has 1 saturated heterocycles. The van der Waals surface area contributed by atoms with Gasteiger partial charge in [0.05, 0.1) is 11.5 Å². The predicted molar refractivity (Wildman–Crippen MR) is 69.4 cm³/mol. The lowest BCUT2D eigenvalue weighted by atomic mass is 10.1. The molecule has 1 atom stereocenters. The summed E-state index contributed by atoms with van der Waals surface area (Å²) in [6.45, 7) is 4.29. The SMILES string of the molecule is COCC1CCN(C(=O)c2cc(N)c(C)s2)C1. The zero-order valence-electron chi connectivity index (χ0n) is 10.2. The molecule has 4 nitrogen and oxygen atoms in total. The largest absolute Gasteiger partial charge is 0.398 e. The van der Waals surface area contributed by atoms with Gasteiger partial charge in [-0.05, 0) is 19.4 Å². The van der Waals surface area contributed by atoms with Crippen LogP contribution < -0.4 is 5.73 Å². The number of aryl methyl sites for hydroxylation is 1. The molecule has 5 heteroatoms. The van der Waals surface area contributed by atoms with E-state index in [0.29, 0.717) is 11.6 Å². The fraction of sp³-hybridized carbons (Fsp3) is 0.583. The van der Waals surface area contributed by atoms with Crippen molar-refractivity contribution in [3.8, 4) is 0 Å². The highest BCUT2D eigenvalue weighted by atomic mass is 32.1.